The molecular formula is C9H21NO3Si. The van der Waals surface area contributed by atoms with Crippen molar-refractivity contribution >= 4 is 14.6 Å². The van der Waals surface area contributed by atoms with Crippen molar-refractivity contribution in [1.29, 1.82) is 0 Å². The quantitative estimate of drug-likeness (QED) is 0.661. The zero-order valence-electron chi connectivity index (χ0n) is 9.55. The van der Waals surface area contributed by atoms with E-state index in [4.69, 9.17) is 8.85 Å². The largest absolute Gasteiger partial charge is 0.458 e. The Morgan fingerprint density at radius 2 is 1.86 bits per heavy atom. The van der Waals surface area contributed by atoms with Crippen molar-refractivity contribution in [3.63, 3.8) is 0 Å². The molecule has 0 atom stereocenters. The van der Waals surface area contributed by atoms with Crippen molar-refractivity contribution in [3.05, 3.63) is 0 Å². The molecule has 0 radical (unpaired) electrons. The molecule has 0 bridgehead atoms. The highest BCUT2D eigenvalue weighted by molar-refractivity contribution is 6.67. The number of carbonyl (C=O) groups excluding carboxylic acids is 1. The van der Waals surface area contributed by atoms with E-state index in [1.165, 1.54) is 0 Å². The lowest BCUT2D eigenvalue weighted by Crippen LogP contribution is -2.56. The van der Waals surface area contributed by atoms with Gasteiger partial charge in [0, 0.05) is 26.7 Å². The summed E-state index contributed by atoms with van der Waals surface area (Å²) in [5.74, 6) is 0.0315. The minimum absolute atomic E-state index is 0.0315. The molecule has 0 aliphatic heterocycles. The molecule has 0 aromatic heterocycles. The zero-order valence-corrected chi connectivity index (χ0v) is 10.6. The van der Waals surface area contributed by atoms with Gasteiger partial charge >= 0.3 is 8.72 Å². The maximum absolute atomic E-state index is 11.5. The normalized spacial score (nSPS) is 11.4. The summed E-state index contributed by atoms with van der Waals surface area (Å²) in [5.41, 5.74) is 0. The molecule has 0 spiro atoms. The highest BCUT2D eigenvalue weighted by Crippen LogP contribution is 2.07. The van der Waals surface area contributed by atoms with Crippen LogP contribution in [0.4, 0.5) is 0 Å². The van der Waals surface area contributed by atoms with E-state index in [9.17, 15) is 4.79 Å². The molecule has 0 aliphatic carbocycles. The standard InChI is InChI=1S/C9H21NO3Si/c1-5-7-8-9(11)10-14(6-2,12-3)13-4/h5-8H2,1-4H3,(H,10,11). The summed E-state index contributed by atoms with van der Waals surface area (Å²) in [4.78, 5) is 14.3. The molecule has 0 saturated carbocycles. The van der Waals surface area contributed by atoms with Gasteiger partial charge in [-0.1, -0.05) is 20.3 Å². The van der Waals surface area contributed by atoms with Gasteiger partial charge in [0.05, 0.1) is 0 Å². The number of nitrogens with one attached hydrogen (secondary N) is 1. The Bertz CT molecular complexity index is 163. The predicted octanol–water partition coefficient (Wildman–Crippen LogP) is 1.54. The molecule has 0 heterocycles. The average Bonchev–Trinajstić information content (AvgIpc) is 2.23. The van der Waals surface area contributed by atoms with Crippen LogP contribution in [-0.2, 0) is 13.6 Å². The van der Waals surface area contributed by atoms with E-state index in [1.807, 2.05) is 6.92 Å². The summed E-state index contributed by atoms with van der Waals surface area (Å²) in [6.07, 6.45) is 2.49. The first-order chi connectivity index (χ1) is 6.64. The van der Waals surface area contributed by atoms with Crippen molar-refractivity contribution in [2.75, 3.05) is 14.2 Å². The molecule has 0 aliphatic rings. The van der Waals surface area contributed by atoms with Crippen molar-refractivity contribution < 1.29 is 13.6 Å². The van der Waals surface area contributed by atoms with Crippen LogP contribution < -0.4 is 4.98 Å². The zero-order chi connectivity index (χ0) is 11.0. The summed E-state index contributed by atoms with van der Waals surface area (Å²) in [6.45, 7) is 4.02. The van der Waals surface area contributed by atoms with Crippen LogP contribution in [-0.4, -0.2) is 28.8 Å². The molecule has 14 heavy (non-hydrogen) atoms. The van der Waals surface area contributed by atoms with E-state index in [0.29, 0.717) is 6.42 Å². The number of carbonyl (C=O) groups is 1. The number of hydrogen-bond acceptors (Lipinski definition) is 3. The number of unbranched alkanes of at least 4 members (excludes halogenated alkanes) is 1. The molecule has 0 unspecified atom stereocenters. The number of amides is 1. The molecule has 4 nitrogen and oxygen atoms in total. The lowest BCUT2D eigenvalue weighted by molar-refractivity contribution is -0.120. The third-order valence-corrected chi connectivity index (χ3v) is 5.12. The molecule has 0 rings (SSSR count). The van der Waals surface area contributed by atoms with Crippen LogP contribution in [0.5, 0.6) is 0 Å². The van der Waals surface area contributed by atoms with Crippen LogP contribution in [0.3, 0.4) is 0 Å². The van der Waals surface area contributed by atoms with Gasteiger partial charge < -0.3 is 13.8 Å². The van der Waals surface area contributed by atoms with Crippen molar-refractivity contribution in [1.82, 2.24) is 4.98 Å². The molecule has 0 saturated heterocycles. The fraction of sp³-hybridized carbons (Fsp3) is 0.889. The highest BCUT2D eigenvalue weighted by atomic mass is 28.4. The molecule has 0 fully saturated rings. The summed E-state index contributed by atoms with van der Waals surface area (Å²) in [7, 11) is 0.735. The van der Waals surface area contributed by atoms with Gasteiger partial charge in [0.1, 0.15) is 0 Å². The maximum atomic E-state index is 11.5. The first-order valence-electron chi connectivity index (χ1n) is 5.05. The third kappa shape index (κ3) is 4.21. The van der Waals surface area contributed by atoms with E-state index >= 15 is 0 Å². The minimum atomic E-state index is -2.43. The summed E-state index contributed by atoms with van der Waals surface area (Å²) >= 11 is 0. The van der Waals surface area contributed by atoms with Crippen molar-refractivity contribution in [2.45, 2.75) is 39.2 Å². The average molecular weight is 219 g/mol. The lowest BCUT2D eigenvalue weighted by atomic mass is 10.2. The van der Waals surface area contributed by atoms with Crippen LogP contribution in [0.1, 0.15) is 33.1 Å². The van der Waals surface area contributed by atoms with Crippen LogP contribution in [0.25, 0.3) is 0 Å². The van der Waals surface area contributed by atoms with Crippen molar-refractivity contribution in [3.8, 4) is 0 Å². The van der Waals surface area contributed by atoms with E-state index in [1.54, 1.807) is 14.2 Å². The lowest BCUT2D eigenvalue weighted by Gasteiger charge is -2.25. The SMILES string of the molecule is CCCCC(=O)N[Si](CC)(OC)OC. The highest BCUT2D eigenvalue weighted by Gasteiger charge is 2.36. The van der Waals surface area contributed by atoms with Gasteiger partial charge in [-0.2, -0.15) is 0 Å². The molecule has 0 aromatic carbocycles. The van der Waals surface area contributed by atoms with Crippen molar-refractivity contribution in [2.24, 2.45) is 0 Å². The van der Waals surface area contributed by atoms with Crippen LogP contribution in [0.2, 0.25) is 6.04 Å². The number of hydrogen-bond donors (Lipinski definition) is 1. The van der Waals surface area contributed by atoms with Gasteiger partial charge in [-0.05, 0) is 6.42 Å². The molecule has 5 heteroatoms. The fourth-order valence-corrected chi connectivity index (χ4v) is 2.85. The molecule has 1 amide bonds. The topological polar surface area (TPSA) is 47.6 Å². The Labute approximate surface area is 87.3 Å². The second-order valence-electron chi connectivity index (χ2n) is 3.17. The van der Waals surface area contributed by atoms with Gasteiger partial charge in [-0.25, -0.2) is 0 Å². The van der Waals surface area contributed by atoms with E-state index in [2.05, 4.69) is 11.9 Å². The van der Waals surface area contributed by atoms with Gasteiger partial charge in [0.25, 0.3) is 0 Å². The second kappa shape index (κ2) is 6.97. The van der Waals surface area contributed by atoms with E-state index < -0.39 is 8.72 Å². The molecule has 84 valence electrons. The molecule has 0 aromatic rings. The third-order valence-electron chi connectivity index (χ3n) is 2.21. The monoisotopic (exact) mass is 219 g/mol. The Balaban J connectivity index is 4.08. The molecule has 1 N–H and O–H groups in total. The van der Waals surface area contributed by atoms with Crippen LogP contribution >= 0.6 is 0 Å². The fourth-order valence-electron chi connectivity index (χ4n) is 1.17. The second-order valence-corrected chi connectivity index (χ2v) is 6.45. The molecular weight excluding hydrogens is 198 g/mol. The number of rotatable bonds is 7. The summed E-state index contributed by atoms with van der Waals surface area (Å²) in [6, 6.07) is 0.720. The van der Waals surface area contributed by atoms with E-state index in [-0.39, 0.29) is 5.91 Å². The first-order valence-corrected chi connectivity index (χ1v) is 7.07. The van der Waals surface area contributed by atoms with Gasteiger partial charge in [0.2, 0.25) is 5.91 Å². The van der Waals surface area contributed by atoms with E-state index in [0.717, 1.165) is 18.9 Å². The maximum Gasteiger partial charge on any atom is 0.458 e. The first kappa shape index (κ1) is 13.6. The van der Waals surface area contributed by atoms with Crippen LogP contribution in [0.15, 0.2) is 0 Å². The minimum Gasteiger partial charge on any atom is -0.382 e. The summed E-state index contributed by atoms with van der Waals surface area (Å²) in [5, 5.41) is 0. The Kier molecular flexibility index (Phi) is 6.78. The van der Waals surface area contributed by atoms with Gasteiger partial charge in [-0.15, -0.1) is 0 Å². The Hall–Kier alpha value is -0.393. The Morgan fingerprint density at radius 3 is 2.21 bits per heavy atom. The van der Waals surface area contributed by atoms with Crippen LogP contribution in [0, 0.1) is 0 Å². The Morgan fingerprint density at radius 1 is 1.29 bits per heavy atom. The predicted molar refractivity (Wildman–Crippen MR) is 57.9 cm³/mol. The van der Waals surface area contributed by atoms with Gasteiger partial charge in [-0.3, -0.25) is 4.79 Å². The van der Waals surface area contributed by atoms with Gasteiger partial charge in [0.15, 0.2) is 0 Å². The summed E-state index contributed by atoms with van der Waals surface area (Å²) < 4.78 is 10.5. The smallest absolute Gasteiger partial charge is 0.382 e.